The normalized spacial score (nSPS) is 14.2. The van der Waals surface area contributed by atoms with Crippen LogP contribution in [0.5, 0.6) is 0 Å². The van der Waals surface area contributed by atoms with Crippen LogP contribution in [0.15, 0.2) is 158 Å². The SMILES string of the molecule is C=C1/C=C\CCN(c2ccc(-n3c4ccccc4c4ccccc43)cc2)c2cc(-n3c4ccccc4c4ccccc43)ccc21. The maximum absolute atomic E-state index is 4.46. The maximum atomic E-state index is 4.46. The van der Waals surface area contributed by atoms with Crippen LogP contribution >= 0.6 is 0 Å². The minimum Gasteiger partial charge on any atom is -0.341 e. The zero-order valence-corrected chi connectivity index (χ0v) is 24.9. The van der Waals surface area contributed by atoms with Crippen LogP contribution in [0, 0.1) is 0 Å². The number of rotatable bonds is 3. The zero-order valence-electron chi connectivity index (χ0n) is 24.9. The molecule has 0 amide bonds. The summed E-state index contributed by atoms with van der Waals surface area (Å²) in [7, 11) is 0. The van der Waals surface area contributed by atoms with Crippen LogP contribution in [-0.2, 0) is 0 Å². The molecule has 0 aliphatic carbocycles. The molecular formula is C42H31N3. The summed E-state index contributed by atoms with van der Waals surface area (Å²) in [4.78, 5) is 2.46. The molecule has 0 atom stereocenters. The first-order chi connectivity index (χ1) is 22.3. The molecule has 0 radical (unpaired) electrons. The summed E-state index contributed by atoms with van der Waals surface area (Å²) in [6.07, 6.45) is 5.35. The van der Waals surface area contributed by atoms with Gasteiger partial charge in [0.15, 0.2) is 0 Å². The molecule has 45 heavy (non-hydrogen) atoms. The monoisotopic (exact) mass is 577 g/mol. The molecule has 9 rings (SSSR count). The Bertz CT molecular complexity index is 2350. The van der Waals surface area contributed by atoms with E-state index in [-0.39, 0.29) is 0 Å². The van der Waals surface area contributed by atoms with E-state index in [1.807, 2.05) is 0 Å². The van der Waals surface area contributed by atoms with Crippen molar-refractivity contribution in [2.75, 3.05) is 11.4 Å². The highest BCUT2D eigenvalue weighted by atomic mass is 15.1. The first-order valence-electron chi connectivity index (χ1n) is 15.6. The van der Waals surface area contributed by atoms with Crippen LogP contribution in [0.25, 0.3) is 60.6 Å². The summed E-state index contributed by atoms with van der Waals surface area (Å²) in [5, 5.41) is 5.09. The summed E-state index contributed by atoms with van der Waals surface area (Å²) in [6, 6.07) is 50.6. The van der Waals surface area contributed by atoms with E-state index < -0.39 is 0 Å². The Labute approximate surface area is 262 Å². The van der Waals surface area contributed by atoms with E-state index in [0.717, 1.165) is 35.5 Å². The van der Waals surface area contributed by atoms with Crippen LogP contribution in [-0.4, -0.2) is 15.7 Å². The summed E-state index contributed by atoms with van der Waals surface area (Å²) >= 11 is 0. The van der Waals surface area contributed by atoms with Crippen LogP contribution in [0.1, 0.15) is 12.0 Å². The average Bonchev–Trinajstić information content (AvgIpc) is 3.61. The summed E-state index contributed by atoms with van der Waals surface area (Å²) < 4.78 is 4.77. The molecule has 3 heteroatoms. The number of fused-ring (bicyclic) bond motifs is 7. The third-order valence-corrected chi connectivity index (χ3v) is 9.29. The Morgan fingerprint density at radius 3 is 1.44 bits per heavy atom. The minimum atomic E-state index is 0.877. The number of hydrogen-bond acceptors (Lipinski definition) is 1. The second-order valence-electron chi connectivity index (χ2n) is 11.8. The van der Waals surface area contributed by atoms with E-state index in [1.165, 1.54) is 55.0 Å². The molecule has 0 bridgehead atoms. The molecule has 0 unspecified atom stereocenters. The Morgan fingerprint density at radius 1 is 0.467 bits per heavy atom. The van der Waals surface area contributed by atoms with Gasteiger partial charge in [-0.15, -0.1) is 0 Å². The third-order valence-electron chi connectivity index (χ3n) is 9.29. The molecule has 3 heterocycles. The van der Waals surface area contributed by atoms with Crippen LogP contribution in [0.3, 0.4) is 0 Å². The van der Waals surface area contributed by atoms with E-state index in [4.69, 9.17) is 0 Å². The molecule has 1 aliphatic rings. The van der Waals surface area contributed by atoms with Crippen molar-refractivity contribution in [2.45, 2.75) is 6.42 Å². The maximum Gasteiger partial charge on any atom is 0.0541 e. The van der Waals surface area contributed by atoms with Crippen molar-refractivity contribution in [3.05, 3.63) is 164 Å². The van der Waals surface area contributed by atoms with Gasteiger partial charge in [-0.25, -0.2) is 0 Å². The largest absolute Gasteiger partial charge is 0.341 e. The number of para-hydroxylation sites is 4. The van der Waals surface area contributed by atoms with Gasteiger partial charge < -0.3 is 14.0 Å². The number of nitrogens with zero attached hydrogens (tertiary/aromatic N) is 3. The van der Waals surface area contributed by atoms with E-state index in [1.54, 1.807) is 0 Å². The summed E-state index contributed by atoms with van der Waals surface area (Å²) in [5.74, 6) is 0. The molecule has 0 spiro atoms. The average molecular weight is 578 g/mol. The molecule has 2 aromatic heterocycles. The molecule has 0 saturated heterocycles. The van der Waals surface area contributed by atoms with Gasteiger partial charge in [0.25, 0.3) is 0 Å². The van der Waals surface area contributed by atoms with Crippen LogP contribution < -0.4 is 4.90 Å². The Morgan fingerprint density at radius 2 is 0.911 bits per heavy atom. The fourth-order valence-electron chi connectivity index (χ4n) is 7.24. The molecule has 0 N–H and O–H groups in total. The molecule has 0 fully saturated rings. The lowest BCUT2D eigenvalue weighted by Gasteiger charge is -2.29. The van der Waals surface area contributed by atoms with Crippen molar-refractivity contribution in [3.63, 3.8) is 0 Å². The van der Waals surface area contributed by atoms with Crippen molar-refractivity contribution in [1.29, 1.82) is 0 Å². The van der Waals surface area contributed by atoms with E-state index in [0.29, 0.717) is 0 Å². The predicted molar refractivity (Wildman–Crippen MR) is 191 cm³/mol. The lowest BCUT2D eigenvalue weighted by atomic mass is 10.00. The van der Waals surface area contributed by atoms with Crippen LogP contribution in [0.2, 0.25) is 0 Å². The van der Waals surface area contributed by atoms with E-state index in [9.17, 15) is 0 Å². The topological polar surface area (TPSA) is 13.1 Å². The van der Waals surface area contributed by atoms with E-state index in [2.05, 4.69) is 172 Å². The number of benzene rings is 6. The molecule has 6 aromatic carbocycles. The number of allylic oxidation sites excluding steroid dienone is 2. The predicted octanol–water partition coefficient (Wildman–Crippen LogP) is 11.0. The lowest BCUT2D eigenvalue weighted by Crippen LogP contribution is -2.20. The molecule has 3 nitrogen and oxygen atoms in total. The second kappa shape index (κ2) is 10.1. The highest BCUT2D eigenvalue weighted by molar-refractivity contribution is 6.10. The lowest BCUT2D eigenvalue weighted by molar-refractivity contribution is 0.933. The Kier molecular flexibility index (Phi) is 5.79. The fourth-order valence-corrected chi connectivity index (χ4v) is 7.24. The number of aromatic nitrogens is 2. The first kappa shape index (κ1) is 25.7. The number of anilines is 2. The molecule has 214 valence electrons. The quantitative estimate of drug-likeness (QED) is 0.204. The van der Waals surface area contributed by atoms with Gasteiger partial charge in [-0.2, -0.15) is 0 Å². The standard InChI is InChI=1S/C42H31N3/c1-29-12-10-11-27-43(30-21-23-31(24-22-30)44-38-17-6-2-13-34(38)35-14-3-7-18-39(35)44)42-28-32(25-26-33(29)42)45-40-19-8-4-15-36(40)37-16-5-9-20-41(37)45/h2-10,12-26,28H,1,11,27H2/b12-10-. The van der Waals surface area contributed by atoms with Gasteiger partial charge in [-0.1, -0.05) is 97.6 Å². The Hall–Kier alpha value is -5.80. The van der Waals surface area contributed by atoms with Crippen molar-refractivity contribution < 1.29 is 0 Å². The second-order valence-corrected chi connectivity index (χ2v) is 11.8. The van der Waals surface area contributed by atoms with Crippen molar-refractivity contribution in [1.82, 2.24) is 9.13 Å². The highest BCUT2D eigenvalue weighted by Gasteiger charge is 2.20. The van der Waals surface area contributed by atoms with Gasteiger partial charge in [0.05, 0.1) is 27.8 Å². The molecule has 1 aliphatic heterocycles. The molecule has 0 saturated carbocycles. The van der Waals surface area contributed by atoms with Crippen molar-refractivity contribution in [2.24, 2.45) is 0 Å². The van der Waals surface area contributed by atoms with Gasteiger partial charge in [0.1, 0.15) is 0 Å². The van der Waals surface area contributed by atoms with Gasteiger partial charge in [-0.05, 0) is 72.7 Å². The summed E-state index contributed by atoms with van der Waals surface area (Å²) in [5.41, 5.74) is 11.7. The van der Waals surface area contributed by atoms with Crippen molar-refractivity contribution in [3.8, 4) is 11.4 Å². The smallest absolute Gasteiger partial charge is 0.0541 e. The van der Waals surface area contributed by atoms with Gasteiger partial charge >= 0.3 is 0 Å². The minimum absolute atomic E-state index is 0.877. The van der Waals surface area contributed by atoms with Gasteiger partial charge in [-0.3, -0.25) is 0 Å². The van der Waals surface area contributed by atoms with Gasteiger partial charge in [0.2, 0.25) is 0 Å². The van der Waals surface area contributed by atoms with Gasteiger partial charge in [0, 0.05) is 50.7 Å². The fraction of sp³-hybridized carbons (Fsp3) is 0.0476. The zero-order chi connectivity index (χ0) is 29.9. The number of hydrogen-bond donors (Lipinski definition) is 0. The first-order valence-corrected chi connectivity index (χ1v) is 15.6. The summed E-state index contributed by atoms with van der Waals surface area (Å²) in [6.45, 7) is 5.34. The highest BCUT2D eigenvalue weighted by Crippen LogP contribution is 2.39. The van der Waals surface area contributed by atoms with Crippen molar-refractivity contribution >= 4 is 60.6 Å². The third kappa shape index (κ3) is 3.98. The van der Waals surface area contributed by atoms with Crippen LogP contribution in [0.4, 0.5) is 11.4 Å². The Balaban J connectivity index is 1.20. The van der Waals surface area contributed by atoms with E-state index >= 15 is 0 Å². The molecular weight excluding hydrogens is 546 g/mol. The molecule has 8 aromatic rings.